The maximum Gasteiger partial charge on any atom is 0.287 e. The van der Waals surface area contributed by atoms with Gasteiger partial charge in [0.1, 0.15) is 5.82 Å². The monoisotopic (exact) mass is 424 g/mol. The highest BCUT2D eigenvalue weighted by Gasteiger charge is 2.19. The van der Waals surface area contributed by atoms with Crippen LogP contribution in [0.1, 0.15) is 21.7 Å². The Bertz CT molecular complexity index is 1310. The minimum absolute atomic E-state index is 0.0295. The number of nitrogens with one attached hydrogen (secondary N) is 1. The van der Waals surface area contributed by atoms with Crippen molar-refractivity contribution >= 4 is 26.7 Å². The molecule has 4 aromatic rings. The zero-order chi connectivity index (χ0) is 21.3. The quantitative estimate of drug-likeness (QED) is 0.489. The number of halogens is 1. The summed E-state index contributed by atoms with van der Waals surface area (Å²) in [7, 11) is -3.76. The number of hydrogen-bond donors (Lipinski definition) is 1. The molecule has 0 unspecified atom stereocenters. The van der Waals surface area contributed by atoms with Gasteiger partial charge in [0, 0.05) is 18.1 Å². The zero-order valence-electron chi connectivity index (χ0n) is 15.9. The van der Waals surface area contributed by atoms with E-state index < -0.39 is 15.7 Å². The van der Waals surface area contributed by atoms with Crippen LogP contribution >= 0.6 is 0 Å². The van der Waals surface area contributed by atoms with Crippen molar-refractivity contribution in [3.8, 4) is 0 Å². The summed E-state index contributed by atoms with van der Waals surface area (Å²) < 4.78 is 44.4. The summed E-state index contributed by atoms with van der Waals surface area (Å²) in [6, 6.07) is 13.2. The second-order valence-electron chi connectivity index (χ2n) is 6.77. The summed E-state index contributed by atoms with van der Waals surface area (Å²) in [6.07, 6.45) is 3.15. The number of benzene rings is 2. The van der Waals surface area contributed by atoms with Crippen molar-refractivity contribution in [2.24, 2.45) is 0 Å². The molecular formula is C22H17FN2O4S. The number of pyridine rings is 1. The number of hydrogen-bond acceptors (Lipinski definition) is 5. The Kier molecular flexibility index (Phi) is 5.09. The summed E-state index contributed by atoms with van der Waals surface area (Å²) >= 11 is 0. The predicted octanol–water partition coefficient (Wildman–Crippen LogP) is 4.04. The standard InChI is InChI=1S/C22H17FN2O4S/c1-14-10-18(6-7-19(14)23)30(27,28)17-4-2-15(3-5-17)12-25-22(26)20-11-16-8-9-24-13-21(16)29-20/h2-11,13H,12H2,1H3,(H,25,26). The molecule has 2 heterocycles. The van der Waals surface area contributed by atoms with E-state index >= 15 is 0 Å². The van der Waals surface area contributed by atoms with Crippen molar-refractivity contribution in [2.75, 3.05) is 0 Å². The summed E-state index contributed by atoms with van der Waals surface area (Å²) in [5.41, 5.74) is 1.50. The normalized spacial score (nSPS) is 11.5. The number of amides is 1. The van der Waals surface area contributed by atoms with E-state index in [-0.39, 0.29) is 33.6 Å². The Hall–Kier alpha value is -3.52. The van der Waals surface area contributed by atoms with Crippen LogP contribution in [0, 0.1) is 12.7 Å². The van der Waals surface area contributed by atoms with Gasteiger partial charge in [0.2, 0.25) is 9.84 Å². The molecule has 152 valence electrons. The molecule has 8 heteroatoms. The fourth-order valence-corrected chi connectivity index (χ4v) is 4.32. The van der Waals surface area contributed by atoms with Gasteiger partial charge in [-0.05, 0) is 60.5 Å². The second-order valence-corrected chi connectivity index (χ2v) is 8.71. The number of aromatic nitrogens is 1. The summed E-state index contributed by atoms with van der Waals surface area (Å²) in [5.74, 6) is -0.672. The van der Waals surface area contributed by atoms with E-state index in [0.29, 0.717) is 5.58 Å². The summed E-state index contributed by atoms with van der Waals surface area (Å²) in [5, 5.41) is 3.51. The number of furan rings is 1. The molecule has 0 saturated carbocycles. The largest absolute Gasteiger partial charge is 0.449 e. The molecule has 0 aliphatic rings. The molecule has 1 amide bonds. The van der Waals surface area contributed by atoms with Crippen LogP contribution in [-0.4, -0.2) is 19.3 Å². The van der Waals surface area contributed by atoms with Crippen molar-refractivity contribution in [1.82, 2.24) is 10.3 Å². The molecular weight excluding hydrogens is 407 g/mol. The molecule has 0 fully saturated rings. The van der Waals surface area contributed by atoms with Gasteiger partial charge < -0.3 is 9.73 Å². The lowest BCUT2D eigenvalue weighted by molar-refractivity contribution is 0.0925. The van der Waals surface area contributed by atoms with Crippen LogP contribution < -0.4 is 5.32 Å². The Morgan fingerprint density at radius 2 is 1.80 bits per heavy atom. The van der Waals surface area contributed by atoms with Crippen LogP contribution in [0.3, 0.4) is 0 Å². The molecule has 1 N–H and O–H groups in total. The first-order valence-electron chi connectivity index (χ1n) is 9.06. The first-order valence-corrected chi connectivity index (χ1v) is 10.5. The summed E-state index contributed by atoms with van der Waals surface area (Å²) in [4.78, 5) is 16.4. The number of carbonyl (C=O) groups is 1. The van der Waals surface area contributed by atoms with Gasteiger partial charge in [-0.25, -0.2) is 12.8 Å². The van der Waals surface area contributed by atoms with E-state index in [0.717, 1.165) is 17.0 Å². The Morgan fingerprint density at radius 3 is 2.50 bits per heavy atom. The van der Waals surface area contributed by atoms with E-state index in [2.05, 4.69) is 10.3 Å². The third-order valence-electron chi connectivity index (χ3n) is 4.67. The van der Waals surface area contributed by atoms with Gasteiger partial charge in [-0.2, -0.15) is 0 Å². The highest BCUT2D eigenvalue weighted by molar-refractivity contribution is 7.91. The molecule has 0 atom stereocenters. The van der Waals surface area contributed by atoms with Gasteiger partial charge in [0.25, 0.3) is 5.91 Å². The predicted molar refractivity (Wildman–Crippen MR) is 108 cm³/mol. The number of rotatable bonds is 5. The smallest absolute Gasteiger partial charge is 0.287 e. The van der Waals surface area contributed by atoms with Crippen LogP contribution in [0.4, 0.5) is 4.39 Å². The van der Waals surface area contributed by atoms with Crippen molar-refractivity contribution in [2.45, 2.75) is 23.3 Å². The molecule has 30 heavy (non-hydrogen) atoms. The molecule has 0 saturated heterocycles. The van der Waals surface area contributed by atoms with E-state index in [4.69, 9.17) is 4.42 Å². The van der Waals surface area contributed by atoms with Crippen LogP contribution in [-0.2, 0) is 16.4 Å². The molecule has 4 rings (SSSR count). The molecule has 0 aliphatic heterocycles. The lowest BCUT2D eigenvalue weighted by Gasteiger charge is -2.08. The van der Waals surface area contributed by atoms with Crippen molar-refractivity contribution < 1.29 is 22.0 Å². The first kappa shape index (κ1) is 19.8. The number of aryl methyl sites for hydroxylation is 1. The molecule has 0 bridgehead atoms. The fourth-order valence-electron chi connectivity index (χ4n) is 2.97. The average molecular weight is 424 g/mol. The van der Waals surface area contributed by atoms with Crippen molar-refractivity contribution in [1.29, 1.82) is 0 Å². The highest BCUT2D eigenvalue weighted by atomic mass is 32.2. The Morgan fingerprint density at radius 1 is 1.07 bits per heavy atom. The molecule has 0 aliphatic carbocycles. The van der Waals surface area contributed by atoms with Gasteiger partial charge in [-0.3, -0.25) is 9.78 Å². The Labute approximate surface area is 172 Å². The zero-order valence-corrected chi connectivity index (χ0v) is 16.7. The lowest BCUT2D eigenvalue weighted by Crippen LogP contribution is -2.22. The summed E-state index contributed by atoms with van der Waals surface area (Å²) in [6.45, 7) is 1.71. The number of fused-ring (bicyclic) bond motifs is 1. The third-order valence-corrected chi connectivity index (χ3v) is 6.44. The maximum absolute atomic E-state index is 13.4. The third kappa shape index (κ3) is 3.81. The van der Waals surface area contributed by atoms with Gasteiger partial charge in [0.05, 0.1) is 16.0 Å². The SMILES string of the molecule is Cc1cc(S(=O)(=O)c2ccc(CNC(=O)c3cc4ccncc4o3)cc2)ccc1F. The molecule has 0 spiro atoms. The second kappa shape index (κ2) is 7.72. The van der Waals surface area contributed by atoms with Crippen molar-refractivity contribution in [3.05, 3.63) is 89.7 Å². The average Bonchev–Trinajstić information content (AvgIpc) is 3.18. The van der Waals surface area contributed by atoms with Gasteiger partial charge in [-0.15, -0.1) is 0 Å². The highest BCUT2D eigenvalue weighted by Crippen LogP contribution is 2.23. The molecule has 2 aromatic carbocycles. The van der Waals surface area contributed by atoms with Crippen LogP contribution in [0.5, 0.6) is 0 Å². The van der Waals surface area contributed by atoms with Crippen molar-refractivity contribution in [3.63, 3.8) is 0 Å². The lowest BCUT2D eigenvalue weighted by atomic mass is 10.2. The number of carbonyl (C=O) groups excluding carboxylic acids is 1. The van der Waals surface area contributed by atoms with E-state index in [1.807, 2.05) is 0 Å². The van der Waals surface area contributed by atoms with Gasteiger partial charge in [-0.1, -0.05) is 12.1 Å². The van der Waals surface area contributed by atoms with Crippen LogP contribution in [0.25, 0.3) is 11.0 Å². The van der Waals surface area contributed by atoms with Gasteiger partial charge in [0.15, 0.2) is 11.3 Å². The first-order chi connectivity index (χ1) is 14.3. The van der Waals surface area contributed by atoms with E-state index in [9.17, 15) is 17.6 Å². The number of sulfone groups is 1. The van der Waals surface area contributed by atoms with Gasteiger partial charge >= 0.3 is 0 Å². The topological polar surface area (TPSA) is 89.3 Å². The maximum atomic E-state index is 13.4. The molecule has 6 nitrogen and oxygen atoms in total. The van der Waals surface area contributed by atoms with E-state index in [1.165, 1.54) is 37.4 Å². The Balaban J connectivity index is 1.46. The molecule has 0 radical (unpaired) electrons. The van der Waals surface area contributed by atoms with Crippen LogP contribution in [0.2, 0.25) is 0 Å². The minimum Gasteiger partial charge on any atom is -0.449 e. The number of nitrogens with zero attached hydrogens (tertiary/aromatic N) is 1. The fraction of sp³-hybridized carbons (Fsp3) is 0.0909. The van der Waals surface area contributed by atoms with E-state index in [1.54, 1.807) is 30.5 Å². The van der Waals surface area contributed by atoms with Crippen LogP contribution in [0.15, 0.2) is 81.2 Å². The minimum atomic E-state index is -3.76. The molecule has 2 aromatic heterocycles.